The van der Waals surface area contributed by atoms with Gasteiger partial charge >= 0.3 is 5.97 Å². The van der Waals surface area contributed by atoms with E-state index in [0.717, 1.165) is 16.5 Å². The van der Waals surface area contributed by atoms with Crippen LogP contribution in [0.15, 0.2) is 54.7 Å². The van der Waals surface area contributed by atoms with E-state index in [1.54, 1.807) is 24.3 Å². The van der Waals surface area contributed by atoms with E-state index in [2.05, 4.69) is 16.8 Å². The zero-order valence-corrected chi connectivity index (χ0v) is 10.6. The van der Waals surface area contributed by atoms with Crippen LogP contribution in [0.5, 0.6) is 0 Å². The van der Waals surface area contributed by atoms with E-state index in [-0.39, 0.29) is 5.56 Å². The van der Waals surface area contributed by atoms with Crippen molar-refractivity contribution in [2.75, 3.05) is 0 Å². The minimum atomic E-state index is -0.944. The summed E-state index contributed by atoms with van der Waals surface area (Å²) in [5, 5.41) is 10.0. The van der Waals surface area contributed by atoms with Crippen molar-refractivity contribution in [3.05, 3.63) is 71.4 Å². The highest BCUT2D eigenvalue weighted by molar-refractivity contribution is 5.88. The quantitative estimate of drug-likeness (QED) is 0.660. The Balaban J connectivity index is 1.99. The molecule has 2 N–H and O–H groups in total. The van der Waals surface area contributed by atoms with Gasteiger partial charge in [-0.3, -0.25) is 0 Å². The number of rotatable bonds is 1. The number of aromatic amines is 1. The van der Waals surface area contributed by atoms with Gasteiger partial charge in [0.1, 0.15) is 0 Å². The molecule has 3 nitrogen and oxygen atoms in total. The van der Waals surface area contributed by atoms with Crippen LogP contribution >= 0.6 is 0 Å². The Morgan fingerprint density at radius 3 is 2.75 bits per heavy atom. The van der Waals surface area contributed by atoms with E-state index in [4.69, 9.17) is 5.11 Å². The van der Waals surface area contributed by atoms with Crippen LogP contribution in [0.2, 0.25) is 0 Å². The van der Waals surface area contributed by atoms with Crippen LogP contribution in [0.4, 0.5) is 0 Å². The number of hydrogen-bond donors (Lipinski definition) is 2. The van der Waals surface area contributed by atoms with Crippen molar-refractivity contribution in [1.82, 2.24) is 4.98 Å². The molecule has 0 saturated heterocycles. The summed E-state index contributed by atoms with van der Waals surface area (Å²) < 4.78 is 0. The molecule has 0 radical (unpaired) electrons. The Hall–Kier alpha value is -2.99. The van der Waals surface area contributed by atoms with Gasteiger partial charge in [0.2, 0.25) is 0 Å². The van der Waals surface area contributed by atoms with E-state index in [9.17, 15) is 4.79 Å². The third-order valence-corrected chi connectivity index (χ3v) is 3.04. The Labute approximate surface area is 115 Å². The van der Waals surface area contributed by atoms with E-state index >= 15 is 0 Å². The Bertz CT molecular complexity index is 850. The zero-order chi connectivity index (χ0) is 13.9. The van der Waals surface area contributed by atoms with Crippen LogP contribution in [0.3, 0.4) is 0 Å². The lowest BCUT2D eigenvalue weighted by Gasteiger charge is -1.94. The lowest BCUT2D eigenvalue weighted by Crippen LogP contribution is -1.95. The highest BCUT2D eigenvalue weighted by Crippen LogP contribution is 2.16. The number of carbonyl (C=O) groups is 1. The monoisotopic (exact) mass is 261 g/mol. The first kappa shape index (κ1) is 12.1. The molecule has 0 saturated carbocycles. The van der Waals surface area contributed by atoms with Gasteiger partial charge in [-0.05, 0) is 24.3 Å². The molecular formula is C17H11NO2. The lowest BCUT2D eigenvalue weighted by molar-refractivity contribution is 0.0697. The van der Waals surface area contributed by atoms with Crippen molar-refractivity contribution < 1.29 is 9.90 Å². The number of carboxylic acids is 1. The number of aromatic carboxylic acids is 1. The Morgan fingerprint density at radius 1 is 1.05 bits per heavy atom. The first-order valence-electron chi connectivity index (χ1n) is 6.15. The highest BCUT2D eigenvalue weighted by Gasteiger charge is 2.02. The average molecular weight is 261 g/mol. The number of H-pyrrole nitrogens is 1. The maximum absolute atomic E-state index is 10.9. The van der Waals surface area contributed by atoms with Gasteiger partial charge in [-0.25, -0.2) is 4.79 Å². The van der Waals surface area contributed by atoms with Gasteiger partial charge < -0.3 is 10.1 Å². The fourth-order valence-corrected chi connectivity index (χ4v) is 2.04. The predicted octanol–water partition coefficient (Wildman–Crippen LogP) is 3.27. The van der Waals surface area contributed by atoms with Crippen LogP contribution < -0.4 is 0 Å². The molecule has 0 aliphatic carbocycles. The second-order valence-corrected chi connectivity index (χ2v) is 4.38. The maximum Gasteiger partial charge on any atom is 0.335 e. The molecule has 0 fully saturated rings. The minimum absolute atomic E-state index is 0.246. The van der Waals surface area contributed by atoms with E-state index in [1.807, 2.05) is 30.5 Å². The molecule has 0 aliphatic rings. The normalized spacial score (nSPS) is 10.0. The molecule has 1 heterocycles. The van der Waals surface area contributed by atoms with Gasteiger partial charge in [-0.1, -0.05) is 36.1 Å². The summed E-state index contributed by atoms with van der Waals surface area (Å²) in [6.07, 6.45) is 1.86. The number of hydrogen-bond acceptors (Lipinski definition) is 1. The minimum Gasteiger partial charge on any atom is -0.478 e. The van der Waals surface area contributed by atoms with Crippen molar-refractivity contribution >= 4 is 16.9 Å². The fourth-order valence-electron chi connectivity index (χ4n) is 2.04. The van der Waals surface area contributed by atoms with Gasteiger partial charge in [-0.2, -0.15) is 0 Å². The van der Waals surface area contributed by atoms with Crippen molar-refractivity contribution in [1.29, 1.82) is 0 Å². The number of para-hydroxylation sites is 1. The van der Waals surface area contributed by atoms with Crippen LogP contribution in [-0.4, -0.2) is 16.1 Å². The van der Waals surface area contributed by atoms with Gasteiger partial charge in [0.05, 0.1) is 11.1 Å². The number of carboxylic acid groups (broad SMARTS) is 1. The van der Waals surface area contributed by atoms with Gasteiger partial charge in [0.25, 0.3) is 0 Å². The molecule has 1 aromatic heterocycles. The summed E-state index contributed by atoms with van der Waals surface area (Å²) in [7, 11) is 0. The van der Waals surface area contributed by atoms with E-state index < -0.39 is 5.97 Å². The summed E-state index contributed by atoms with van der Waals surface area (Å²) in [5.41, 5.74) is 2.88. The number of fused-ring (bicyclic) bond motifs is 1. The Kier molecular flexibility index (Phi) is 2.98. The van der Waals surface area contributed by atoms with Crippen molar-refractivity contribution in [3.8, 4) is 11.8 Å². The third-order valence-electron chi connectivity index (χ3n) is 3.04. The molecule has 0 atom stereocenters. The summed E-state index contributed by atoms with van der Waals surface area (Å²) in [4.78, 5) is 14.1. The molecule has 3 aromatic rings. The summed E-state index contributed by atoms with van der Waals surface area (Å²) >= 11 is 0. The first-order valence-corrected chi connectivity index (χ1v) is 6.15. The molecule has 0 unspecified atom stereocenters. The molecule has 20 heavy (non-hydrogen) atoms. The smallest absolute Gasteiger partial charge is 0.335 e. The molecule has 96 valence electrons. The second-order valence-electron chi connectivity index (χ2n) is 4.38. The van der Waals surface area contributed by atoms with Crippen LogP contribution in [0.1, 0.15) is 21.5 Å². The topological polar surface area (TPSA) is 53.1 Å². The largest absolute Gasteiger partial charge is 0.478 e. The predicted molar refractivity (Wildman–Crippen MR) is 77.7 cm³/mol. The lowest BCUT2D eigenvalue weighted by atomic mass is 10.1. The van der Waals surface area contributed by atoms with Crippen molar-refractivity contribution in [3.63, 3.8) is 0 Å². The highest BCUT2D eigenvalue weighted by atomic mass is 16.4. The van der Waals surface area contributed by atoms with Crippen LogP contribution in [0.25, 0.3) is 10.9 Å². The molecule has 3 heteroatoms. The molecule has 0 spiro atoms. The zero-order valence-electron chi connectivity index (χ0n) is 10.6. The van der Waals surface area contributed by atoms with Crippen LogP contribution in [0, 0.1) is 11.8 Å². The van der Waals surface area contributed by atoms with E-state index in [1.165, 1.54) is 0 Å². The molecule has 3 rings (SSSR count). The number of nitrogens with one attached hydrogen (secondary N) is 1. The molecular weight excluding hydrogens is 250 g/mol. The summed E-state index contributed by atoms with van der Waals surface area (Å²) in [6.45, 7) is 0. The average Bonchev–Trinajstić information content (AvgIpc) is 2.89. The first-order chi connectivity index (χ1) is 9.74. The Morgan fingerprint density at radius 2 is 1.90 bits per heavy atom. The third kappa shape index (κ3) is 2.27. The molecule has 0 amide bonds. The van der Waals surface area contributed by atoms with Gasteiger partial charge in [0.15, 0.2) is 0 Å². The summed E-state index contributed by atoms with van der Waals surface area (Å²) in [5.74, 6) is 5.13. The maximum atomic E-state index is 10.9. The van der Waals surface area contributed by atoms with Crippen LogP contribution in [-0.2, 0) is 0 Å². The SMILES string of the molecule is O=C(O)c1cccc(C#Cc2c[nH]c3ccccc23)c1. The van der Waals surface area contributed by atoms with Gasteiger partial charge in [-0.15, -0.1) is 0 Å². The summed E-state index contributed by atoms with van der Waals surface area (Å²) in [6, 6.07) is 14.5. The second kappa shape index (κ2) is 4.94. The fraction of sp³-hybridized carbons (Fsp3) is 0. The van der Waals surface area contributed by atoms with Crippen molar-refractivity contribution in [2.24, 2.45) is 0 Å². The molecule has 0 aliphatic heterocycles. The van der Waals surface area contributed by atoms with Crippen molar-refractivity contribution in [2.45, 2.75) is 0 Å². The number of aromatic nitrogens is 1. The standard InChI is InChI=1S/C17H11NO2/c19-17(20)13-5-3-4-12(10-13)8-9-14-11-18-16-7-2-1-6-15(14)16/h1-7,10-11,18H,(H,19,20). The van der Waals surface area contributed by atoms with E-state index in [0.29, 0.717) is 5.56 Å². The molecule has 0 bridgehead atoms. The van der Waals surface area contributed by atoms with Gasteiger partial charge in [0, 0.05) is 22.7 Å². The number of benzene rings is 2. The molecule has 2 aromatic carbocycles.